The zero-order valence-electron chi connectivity index (χ0n) is 20.3. The number of benzene rings is 1. The normalized spacial score (nSPS) is 16.8. The molecule has 0 aliphatic carbocycles. The number of piperazine rings is 1. The molecule has 0 saturated carbocycles. The maximum Gasteiger partial charge on any atom is 0.154 e. The van der Waals surface area contributed by atoms with Crippen molar-refractivity contribution in [3.05, 3.63) is 70.8 Å². The molecule has 1 fully saturated rings. The van der Waals surface area contributed by atoms with Crippen molar-refractivity contribution >= 4 is 11.6 Å². The molecule has 1 aliphatic heterocycles. The number of aromatic nitrogens is 4. The van der Waals surface area contributed by atoms with E-state index in [2.05, 4.69) is 75.0 Å². The molecule has 7 heteroatoms. The van der Waals surface area contributed by atoms with Gasteiger partial charge < -0.3 is 14.9 Å². The Morgan fingerprint density at radius 1 is 1.00 bits per heavy atom. The van der Waals surface area contributed by atoms with Crippen LogP contribution in [0.15, 0.2) is 42.7 Å². The van der Waals surface area contributed by atoms with Crippen LogP contribution in [0, 0.1) is 13.8 Å². The van der Waals surface area contributed by atoms with E-state index in [-0.39, 0.29) is 0 Å². The Morgan fingerprint density at radius 3 is 2.39 bits per heavy atom. The number of hydrogen-bond acceptors (Lipinski definition) is 7. The second-order valence-corrected chi connectivity index (χ2v) is 9.40. The summed E-state index contributed by atoms with van der Waals surface area (Å²) in [5.74, 6) is 1.83. The van der Waals surface area contributed by atoms with E-state index in [9.17, 15) is 5.11 Å². The monoisotopic (exact) mass is 446 g/mol. The second-order valence-electron chi connectivity index (χ2n) is 9.40. The smallest absolute Gasteiger partial charge is 0.154 e. The van der Waals surface area contributed by atoms with Crippen molar-refractivity contribution in [3.63, 3.8) is 0 Å². The molecule has 1 saturated heterocycles. The molecule has 0 bridgehead atoms. The Labute approximate surface area is 196 Å². The van der Waals surface area contributed by atoms with Gasteiger partial charge in [0.25, 0.3) is 0 Å². The van der Waals surface area contributed by atoms with Crippen molar-refractivity contribution in [2.45, 2.75) is 59.1 Å². The predicted molar refractivity (Wildman–Crippen MR) is 132 cm³/mol. The third-order valence-electron chi connectivity index (χ3n) is 6.62. The van der Waals surface area contributed by atoms with E-state index in [4.69, 9.17) is 0 Å². The van der Waals surface area contributed by atoms with Crippen molar-refractivity contribution < 1.29 is 5.11 Å². The van der Waals surface area contributed by atoms with Gasteiger partial charge in [0.15, 0.2) is 5.82 Å². The van der Waals surface area contributed by atoms with E-state index in [0.29, 0.717) is 11.7 Å². The lowest BCUT2D eigenvalue weighted by Gasteiger charge is -2.42. The molecule has 7 nitrogen and oxygen atoms in total. The quantitative estimate of drug-likeness (QED) is 0.617. The van der Waals surface area contributed by atoms with Gasteiger partial charge in [-0.1, -0.05) is 37.3 Å². The maximum atomic E-state index is 10.2. The van der Waals surface area contributed by atoms with Gasteiger partial charge in [-0.05, 0) is 50.8 Å². The van der Waals surface area contributed by atoms with Crippen LogP contribution >= 0.6 is 0 Å². The highest BCUT2D eigenvalue weighted by atomic mass is 16.3. The van der Waals surface area contributed by atoms with E-state index in [1.807, 2.05) is 6.07 Å². The molecule has 4 rings (SSSR count). The number of anilines is 2. The highest BCUT2D eigenvalue weighted by Crippen LogP contribution is 2.28. The summed E-state index contributed by atoms with van der Waals surface area (Å²) in [6.07, 6.45) is 5.24. The first-order valence-electron chi connectivity index (χ1n) is 11.7. The molecule has 33 heavy (non-hydrogen) atoms. The molecule has 0 unspecified atom stereocenters. The second kappa shape index (κ2) is 9.43. The number of hydrogen-bond donors (Lipinski definition) is 1. The van der Waals surface area contributed by atoms with Gasteiger partial charge in [0.1, 0.15) is 11.4 Å². The highest BCUT2D eigenvalue weighted by molar-refractivity contribution is 5.53. The van der Waals surface area contributed by atoms with Crippen molar-refractivity contribution in [1.29, 1.82) is 0 Å². The van der Waals surface area contributed by atoms with E-state index in [1.165, 1.54) is 16.7 Å². The predicted octanol–water partition coefficient (Wildman–Crippen LogP) is 3.81. The first kappa shape index (κ1) is 23.1. The van der Waals surface area contributed by atoms with Crippen LogP contribution in [0.1, 0.15) is 55.3 Å². The van der Waals surface area contributed by atoms with Crippen LogP contribution in [0.25, 0.3) is 0 Å². The third kappa shape index (κ3) is 4.98. The Morgan fingerprint density at radius 2 is 1.76 bits per heavy atom. The standard InChI is InChI=1S/C26H34N6O/c1-6-21-17-31(12-13-32(21)24-16-27-23(15-28-24)26(4,5)33)25-19(3)18(2)22(29-30-25)14-20-10-8-7-9-11-20/h7-11,15-16,21,33H,6,12-14,17H2,1-5H3/t21-/m1/s1. The maximum absolute atomic E-state index is 10.2. The van der Waals surface area contributed by atoms with Crippen molar-refractivity contribution in [1.82, 2.24) is 20.2 Å². The van der Waals surface area contributed by atoms with Crippen LogP contribution in [0.3, 0.4) is 0 Å². The van der Waals surface area contributed by atoms with Gasteiger partial charge in [-0.25, -0.2) is 4.98 Å². The Hall–Kier alpha value is -3.06. The fraction of sp³-hybridized carbons (Fsp3) is 0.462. The van der Waals surface area contributed by atoms with Gasteiger partial charge in [0.2, 0.25) is 0 Å². The largest absolute Gasteiger partial charge is 0.384 e. The average Bonchev–Trinajstić information content (AvgIpc) is 2.82. The zero-order chi connectivity index (χ0) is 23.6. The fourth-order valence-corrected chi connectivity index (χ4v) is 4.38. The average molecular weight is 447 g/mol. The number of aliphatic hydroxyl groups is 1. The molecule has 2 aromatic heterocycles. The minimum Gasteiger partial charge on any atom is -0.384 e. The molecule has 1 atom stereocenters. The molecule has 0 amide bonds. The van der Waals surface area contributed by atoms with Gasteiger partial charge in [-0.2, -0.15) is 5.10 Å². The molecular formula is C26H34N6O. The zero-order valence-corrected chi connectivity index (χ0v) is 20.3. The molecule has 0 spiro atoms. The topological polar surface area (TPSA) is 78.3 Å². The number of rotatable bonds is 6. The molecule has 1 N–H and O–H groups in total. The summed E-state index contributed by atoms with van der Waals surface area (Å²) < 4.78 is 0. The summed E-state index contributed by atoms with van der Waals surface area (Å²) in [4.78, 5) is 13.7. The highest BCUT2D eigenvalue weighted by Gasteiger charge is 2.29. The van der Waals surface area contributed by atoms with Gasteiger partial charge >= 0.3 is 0 Å². The van der Waals surface area contributed by atoms with E-state index >= 15 is 0 Å². The fourth-order valence-electron chi connectivity index (χ4n) is 4.38. The molecule has 3 aromatic rings. The first-order chi connectivity index (χ1) is 15.8. The minimum absolute atomic E-state index is 0.298. The first-order valence-corrected chi connectivity index (χ1v) is 11.7. The van der Waals surface area contributed by atoms with Crippen LogP contribution in [0.4, 0.5) is 11.6 Å². The summed E-state index contributed by atoms with van der Waals surface area (Å²) in [6, 6.07) is 10.7. The van der Waals surface area contributed by atoms with E-state index < -0.39 is 5.60 Å². The van der Waals surface area contributed by atoms with Crippen LogP contribution < -0.4 is 9.80 Å². The summed E-state index contributed by atoms with van der Waals surface area (Å²) in [5, 5.41) is 19.4. The Kier molecular flexibility index (Phi) is 6.61. The van der Waals surface area contributed by atoms with Crippen molar-refractivity contribution in [2.75, 3.05) is 29.4 Å². The molecule has 1 aromatic carbocycles. The molecule has 3 heterocycles. The lowest BCUT2D eigenvalue weighted by molar-refractivity contribution is 0.0734. The van der Waals surface area contributed by atoms with Gasteiger partial charge in [-0.3, -0.25) is 4.98 Å². The van der Waals surface area contributed by atoms with Gasteiger partial charge in [-0.15, -0.1) is 5.10 Å². The SMILES string of the molecule is CC[C@@H]1CN(c2nnc(Cc3ccccc3)c(C)c2C)CCN1c1cnc(C(C)(C)O)cn1. The lowest BCUT2D eigenvalue weighted by Crippen LogP contribution is -2.54. The van der Waals surface area contributed by atoms with Crippen molar-refractivity contribution in [3.8, 4) is 0 Å². The lowest BCUT2D eigenvalue weighted by atomic mass is 10.0. The molecular weight excluding hydrogens is 412 g/mol. The minimum atomic E-state index is -0.991. The number of nitrogens with zero attached hydrogens (tertiary/aromatic N) is 6. The van der Waals surface area contributed by atoms with Crippen molar-refractivity contribution in [2.24, 2.45) is 0 Å². The third-order valence-corrected chi connectivity index (χ3v) is 6.62. The van der Waals surface area contributed by atoms with Crippen LogP contribution in [0.5, 0.6) is 0 Å². The van der Waals surface area contributed by atoms with Gasteiger partial charge in [0, 0.05) is 32.1 Å². The summed E-state index contributed by atoms with van der Waals surface area (Å²) in [5.41, 5.74) is 4.29. The van der Waals surface area contributed by atoms with Crippen LogP contribution in [0.2, 0.25) is 0 Å². The summed E-state index contributed by atoms with van der Waals surface area (Å²) >= 11 is 0. The Bertz CT molecular complexity index is 1080. The van der Waals surface area contributed by atoms with Gasteiger partial charge in [0.05, 0.1) is 23.8 Å². The molecule has 1 aliphatic rings. The molecule has 0 radical (unpaired) electrons. The molecule has 174 valence electrons. The van der Waals surface area contributed by atoms with Crippen LogP contribution in [-0.4, -0.2) is 50.9 Å². The summed E-state index contributed by atoms with van der Waals surface area (Å²) in [6.45, 7) is 12.5. The Balaban J connectivity index is 1.51. The van der Waals surface area contributed by atoms with E-state index in [0.717, 1.165) is 49.8 Å². The summed E-state index contributed by atoms with van der Waals surface area (Å²) in [7, 11) is 0. The van der Waals surface area contributed by atoms with E-state index in [1.54, 1.807) is 26.2 Å². The van der Waals surface area contributed by atoms with Crippen LogP contribution in [-0.2, 0) is 12.0 Å².